The van der Waals surface area contributed by atoms with Gasteiger partial charge in [-0.2, -0.15) is 5.26 Å². The van der Waals surface area contributed by atoms with Crippen molar-refractivity contribution in [1.82, 2.24) is 0 Å². The molecule has 7 heteroatoms. The van der Waals surface area contributed by atoms with Crippen molar-refractivity contribution in [3.8, 4) is 6.07 Å². The first kappa shape index (κ1) is 12.1. The molecule has 0 atom stereocenters. The van der Waals surface area contributed by atoms with Gasteiger partial charge in [-0.25, -0.2) is 0 Å². The number of nitriles is 1. The molecule has 1 aromatic carbocycles. The fraction of sp³-hybridized carbons (Fsp3) is 0.111. The second-order valence-electron chi connectivity index (χ2n) is 2.89. The lowest BCUT2D eigenvalue weighted by Gasteiger charge is -2.03. The minimum absolute atomic E-state index is 0.0781. The molecule has 0 aliphatic carbocycles. The summed E-state index contributed by atoms with van der Waals surface area (Å²) in [6.07, 6.45) is 0. The third kappa shape index (κ3) is 2.17. The molecule has 0 bridgehead atoms. The van der Waals surface area contributed by atoms with Gasteiger partial charge in [-0.1, -0.05) is 15.9 Å². The molecule has 0 radical (unpaired) electrons. The van der Waals surface area contributed by atoms with Gasteiger partial charge in [-0.05, 0) is 6.07 Å². The van der Waals surface area contributed by atoms with E-state index in [-0.39, 0.29) is 22.1 Å². The number of nitrogen functional groups attached to an aromatic ring is 1. The van der Waals surface area contributed by atoms with Crippen LogP contribution < -0.4 is 5.73 Å². The summed E-state index contributed by atoms with van der Waals surface area (Å²) >= 11 is 2.90. The monoisotopic (exact) mass is 283 g/mol. The number of alkyl halides is 1. The summed E-state index contributed by atoms with van der Waals surface area (Å²) in [4.78, 5) is 21.5. The Morgan fingerprint density at radius 3 is 2.69 bits per heavy atom. The van der Waals surface area contributed by atoms with Crippen molar-refractivity contribution in [1.29, 1.82) is 5.26 Å². The first-order chi connectivity index (χ1) is 7.51. The van der Waals surface area contributed by atoms with Crippen LogP contribution in [-0.2, 0) is 0 Å². The maximum atomic E-state index is 11.5. The van der Waals surface area contributed by atoms with Crippen molar-refractivity contribution in [2.24, 2.45) is 0 Å². The maximum absolute atomic E-state index is 11.5. The van der Waals surface area contributed by atoms with Crippen LogP contribution >= 0.6 is 15.9 Å². The molecule has 0 amide bonds. The highest BCUT2D eigenvalue weighted by Crippen LogP contribution is 2.26. The molecule has 0 aliphatic rings. The number of carbonyl (C=O) groups excluding carboxylic acids is 1. The van der Waals surface area contributed by atoms with Crippen molar-refractivity contribution >= 4 is 33.1 Å². The van der Waals surface area contributed by atoms with E-state index in [0.717, 1.165) is 6.07 Å². The van der Waals surface area contributed by atoms with Gasteiger partial charge >= 0.3 is 0 Å². The second kappa shape index (κ2) is 4.72. The lowest BCUT2D eigenvalue weighted by atomic mass is 10.0. The molecular weight excluding hydrogens is 278 g/mol. The zero-order valence-electron chi connectivity index (χ0n) is 7.94. The van der Waals surface area contributed by atoms with Gasteiger partial charge in [0.1, 0.15) is 11.6 Å². The molecule has 2 N–H and O–H groups in total. The summed E-state index contributed by atoms with van der Waals surface area (Å²) in [5.41, 5.74) is 4.74. The molecule has 0 unspecified atom stereocenters. The summed E-state index contributed by atoms with van der Waals surface area (Å²) in [5.74, 6) is -0.525. The summed E-state index contributed by atoms with van der Waals surface area (Å²) in [6, 6.07) is 4.03. The molecule has 0 heterocycles. The SMILES string of the molecule is N#Cc1cc(N)cc([N+](=O)[O-])c1C(=O)CBr. The third-order valence-electron chi connectivity index (χ3n) is 1.86. The maximum Gasteiger partial charge on any atom is 0.283 e. The zero-order valence-corrected chi connectivity index (χ0v) is 9.52. The Morgan fingerprint density at radius 1 is 1.62 bits per heavy atom. The normalized spacial score (nSPS) is 9.50. The van der Waals surface area contributed by atoms with Crippen molar-refractivity contribution in [2.75, 3.05) is 11.1 Å². The molecule has 6 nitrogen and oxygen atoms in total. The van der Waals surface area contributed by atoms with Crippen LogP contribution in [-0.4, -0.2) is 16.0 Å². The van der Waals surface area contributed by atoms with Crippen molar-refractivity contribution < 1.29 is 9.72 Å². The standard InChI is InChI=1S/C9H6BrN3O3/c10-3-8(14)9-5(4-11)1-6(12)2-7(9)13(15)16/h1-2H,3,12H2. The molecule has 1 aromatic rings. The predicted molar refractivity (Wildman–Crippen MR) is 60.3 cm³/mol. The Bertz CT molecular complexity index is 507. The Kier molecular flexibility index (Phi) is 3.58. The Labute approximate surface area is 98.9 Å². The number of anilines is 1. The van der Waals surface area contributed by atoms with E-state index in [0.29, 0.717) is 0 Å². The molecule has 16 heavy (non-hydrogen) atoms. The van der Waals surface area contributed by atoms with Gasteiger partial charge < -0.3 is 5.73 Å². The van der Waals surface area contributed by atoms with E-state index in [1.54, 1.807) is 6.07 Å². The highest BCUT2D eigenvalue weighted by molar-refractivity contribution is 9.09. The van der Waals surface area contributed by atoms with Crippen LogP contribution in [0.2, 0.25) is 0 Å². The molecule has 1 rings (SSSR count). The second-order valence-corrected chi connectivity index (χ2v) is 3.45. The molecule has 0 fully saturated rings. The number of nitro groups is 1. The Balaban J connectivity index is 3.59. The van der Waals surface area contributed by atoms with Crippen LogP contribution in [0.1, 0.15) is 15.9 Å². The van der Waals surface area contributed by atoms with E-state index in [9.17, 15) is 14.9 Å². The third-order valence-corrected chi connectivity index (χ3v) is 2.37. The van der Waals surface area contributed by atoms with E-state index in [1.165, 1.54) is 6.07 Å². The number of nitrogens with two attached hydrogens (primary N) is 1. The summed E-state index contributed by atoms with van der Waals surface area (Å²) in [7, 11) is 0. The quantitative estimate of drug-likeness (QED) is 0.298. The number of hydrogen-bond acceptors (Lipinski definition) is 5. The van der Waals surface area contributed by atoms with Gasteiger partial charge in [-0.15, -0.1) is 0 Å². The van der Waals surface area contributed by atoms with E-state index < -0.39 is 16.4 Å². The van der Waals surface area contributed by atoms with Gasteiger partial charge in [0.2, 0.25) is 0 Å². The largest absolute Gasteiger partial charge is 0.398 e. The number of halogens is 1. The lowest BCUT2D eigenvalue weighted by Crippen LogP contribution is -2.08. The minimum atomic E-state index is -0.729. The van der Waals surface area contributed by atoms with Crippen LogP contribution in [0.4, 0.5) is 11.4 Å². The molecule has 0 aromatic heterocycles. The molecule has 0 spiro atoms. The van der Waals surface area contributed by atoms with Crippen LogP contribution in [0.3, 0.4) is 0 Å². The predicted octanol–water partition coefficient (Wildman–Crippen LogP) is 1.63. The highest BCUT2D eigenvalue weighted by atomic mass is 79.9. The Morgan fingerprint density at radius 2 is 2.25 bits per heavy atom. The summed E-state index contributed by atoms with van der Waals surface area (Å²) in [6.45, 7) is 0. The topological polar surface area (TPSA) is 110 Å². The summed E-state index contributed by atoms with van der Waals surface area (Å²) in [5, 5.41) is 19.4. The molecule has 0 aliphatic heterocycles. The number of hydrogen-bond donors (Lipinski definition) is 1. The van der Waals surface area contributed by atoms with Gasteiger partial charge in [0.15, 0.2) is 5.78 Å². The molecule has 82 valence electrons. The van der Waals surface area contributed by atoms with E-state index in [2.05, 4.69) is 15.9 Å². The number of nitrogens with zero attached hydrogens (tertiary/aromatic N) is 2. The van der Waals surface area contributed by atoms with Crippen molar-refractivity contribution in [3.05, 3.63) is 33.4 Å². The average molecular weight is 284 g/mol. The molecule has 0 saturated carbocycles. The van der Waals surface area contributed by atoms with E-state index >= 15 is 0 Å². The fourth-order valence-corrected chi connectivity index (χ4v) is 1.52. The van der Waals surface area contributed by atoms with E-state index in [1.807, 2.05) is 0 Å². The van der Waals surface area contributed by atoms with Crippen LogP contribution in [0.15, 0.2) is 12.1 Å². The van der Waals surface area contributed by atoms with Crippen LogP contribution in [0.5, 0.6) is 0 Å². The average Bonchev–Trinajstić information content (AvgIpc) is 2.26. The number of Topliss-reactive ketones (excluding diaryl/α,β-unsaturated/α-hetero) is 1. The smallest absolute Gasteiger partial charge is 0.283 e. The zero-order chi connectivity index (χ0) is 12.3. The minimum Gasteiger partial charge on any atom is -0.398 e. The highest BCUT2D eigenvalue weighted by Gasteiger charge is 2.24. The number of ketones is 1. The fourth-order valence-electron chi connectivity index (χ4n) is 1.24. The molecular formula is C9H6BrN3O3. The van der Waals surface area contributed by atoms with Crippen molar-refractivity contribution in [3.63, 3.8) is 0 Å². The number of carbonyl (C=O) groups is 1. The van der Waals surface area contributed by atoms with Crippen LogP contribution in [0, 0.1) is 21.4 Å². The van der Waals surface area contributed by atoms with Crippen molar-refractivity contribution in [2.45, 2.75) is 0 Å². The van der Waals surface area contributed by atoms with E-state index in [4.69, 9.17) is 11.0 Å². The Hall–Kier alpha value is -1.94. The number of benzene rings is 1. The van der Waals surface area contributed by atoms with Gasteiger partial charge in [0.05, 0.1) is 15.8 Å². The van der Waals surface area contributed by atoms with Gasteiger partial charge in [-0.3, -0.25) is 14.9 Å². The van der Waals surface area contributed by atoms with Crippen LogP contribution in [0.25, 0.3) is 0 Å². The number of rotatable bonds is 3. The lowest BCUT2D eigenvalue weighted by molar-refractivity contribution is -0.385. The first-order valence-electron chi connectivity index (χ1n) is 4.08. The van der Waals surface area contributed by atoms with Gasteiger partial charge in [0, 0.05) is 11.8 Å². The summed E-state index contributed by atoms with van der Waals surface area (Å²) < 4.78 is 0. The molecule has 0 saturated heterocycles. The first-order valence-corrected chi connectivity index (χ1v) is 5.20. The number of nitro benzene ring substituents is 1. The van der Waals surface area contributed by atoms with Gasteiger partial charge in [0.25, 0.3) is 5.69 Å².